The lowest BCUT2D eigenvalue weighted by Gasteiger charge is -2.38. The van der Waals surface area contributed by atoms with Crippen molar-refractivity contribution in [2.45, 2.75) is 32.7 Å². The van der Waals surface area contributed by atoms with Crippen molar-refractivity contribution in [3.63, 3.8) is 0 Å². The van der Waals surface area contributed by atoms with Crippen LogP contribution in [-0.2, 0) is 9.59 Å². The van der Waals surface area contributed by atoms with Gasteiger partial charge in [0.2, 0.25) is 0 Å². The lowest BCUT2D eigenvalue weighted by atomic mass is 9.89. The molecule has 0 saturated carbocycles. The van der Waals surface area contributed by atoms with E-state index in [9.17, 15) is 18.4 Å². The molecule has 3 rings (SSSR count). The van der Waals surface area contributed by atoms with Crippen LogP contribution in [0.25, 0.3) is 0 Å². The van der Waals surface area contributed by atoms with Crippen LogP contribution in [0.2, 0.25) is 0 Å². The van der Waals surface area contributed by atoms with Crippen molar-refractivity contribution >= 4 is 23.3 Å². The summed E-state index contributed by atoms with van der Waals surface area (Å²) in [5.41, 5.74) is 7.02. The molecule has 1 aromatic carbocycles. The quantitative estimate of drug-likeness (QED) is 0.774. The fourth-order valence-corrected chi connectivity index (χ4v) is 3.46. The Bertz CT molecular complexity index is 899. The third-order valence-corrected chi connectivity index (χ3v) is 4.92. The van der Waals surface area contributed by atoms with Gasteiger partial charge in [0.1, 0.15) is 17.5 Å². The minimum atomic E-state index is -0.832. The smallest absolute Gasteiger partial charge is 0.313 e. The number of nitrogen functional groups attached to an aromatic ring is 1. The number of amides is 2. The molecule has 0 unspecified atom stereocenters. The number of anilines is 2. The molecule has 1 fully saturated rings. The second-order valence-electron chi connectivity index (χ2n) is 7.24. The standard InChI is InChI=1S/C20H22F2N4O2/c1-11-3-4-17(13-6-14(21)8-15(22)7-13)26(10-11)20(28)19(27)25-16-5-12(2)18(23)24-9-16/h5-9,11,17H,3-4,10H2,1-2H3,(H2,23,24)(H,25,27)/t11-,17+/m1/s1. The van der Waals surface area contributed by atoms with Gasteiger partial charge in [-0.2, -0.15) is 0 Å². The van der Waals surface area contributed by atoms with E-state index in [-0.39, 0.29) is 5.92 Å². The Hall–Kier alpha value is -3.03. The van der Waals surface area contributed by atoms with Crippen LogP contribution in [0.5, 0.6) is 0 Å². The molecule has 0 bridgehead atoms. The number of halogens is 2. The van der Waals surface area contributed by atoms with Gasteiger partial charge in [0.15, 0.2) is 0 Å². The number of carbonyl (C=O) groups is 2. The molecule has 1 aromatic heterocycles. The van der Waals surface area contributed by atoms with Gasteiger partial charge in [0.05, 0.1) is 17.9 Å². The van der Waals surface area contributed by atoms with Gasteiger partial charge in [-0.15, -0.1) is 0 Å². The normalized spacial score (nSPS) is 19.4. The van der Waals surface area contributed by atoms with Gasteiger partial charge in [-0.3, -0.25) is 9.59 Å². The Morgan fingerprint density at radius 2 is 1.86 bits per heavy atom. The summed E-state index contributed by atoms with van der Waals surface area (Å²) in [5, 5.41) is 2.52. The van der Waals surface area contributed by atoms with E-state index in [2.05, 4.69) is 10.3 Å². The van der Waals surface area contributed by atoms with Crippen molar-refractivity contribution in [2.24, 2.45) is 5.92 Å². The molecule has 0 spiro atoms. The lowest BCUT2D eigenvalue weighted by Crippen LogP contribution is -2.46. The average Bonchev–Trinajstić information content (AvgIpc) is 2.63. The molecule has 0 radical (unpaired) electrons. The summed E-state index contributed by atoms with van der Waals surface area (Å²) in [6, 6.07) is 4.24. The highest BCUT2D eigenvalue weighted by Crippen LogP contribution is 2.34. The zero-order valence-electron chi connectivity index (χ0n) is 15.7. The van der Waals surface area contributed by atoms with E-state index in [1.165, 1.54) is 23.2 Å². The number of piperidine rings is 1. The van der Waals surface area contributed by atoms with Crippen LogP contribution in [0, 0.1) is 24.5 Å². The number of carbonyl (C=O) groups excluding carboxylic acids is 2. The van der Waals surface area contributed by atoms with Crippen molar-refractivity contribution in [3.8, 4) is 0 Å². The molecule has 6 nitrogen and oxygen atoms in total. The van der Waals surface area contributed by atoms with E-state index >= 15 is 0 Å². The van der Waals surface area contributed by atoms with Gasteiger partial charge in [-0.05, 0) is 55.0 Å². The third kappa shape index (κ3) is 4.27. The maximum Gasteiger partial charge on any atom is 0.313 e. The van der Waals surface area contributed by atoms with Crippen molar-refractivity contribution < 1.29 is 18.4 Å². The van der Waals surface area contributed by atoms with E-state index in [0.29, 0.717) is 35.6 Å². The SMILES string of the molecule is Cc1cc(NC(=O)C(=O)N2C[C@H](C)CC[C@H]2c2cc(F)cc(F)c2)cnc1N. The lowest BCUT2D eigenvalue weighted by molar-refractivity contribution is -0.146. The minimum absolute atomic E-state index is 0.173. The minimum Gasteiger partial charge on any atom is -0.383 e. The van der Waals surface area contributed by atoms with Crippen LogP contribution in [0.3, 0.4) is 0 Å². The van der Waals surface area contributed by atoms with Crippen LogP contribution >= 0.6 is 0 Å². The molecule has 2 amide bonds. The summed E-state index contributed by atoms with van der Waals surface area (Å²) in [4.78, 5) is 30.7. The number of likely N-dealkylation sites (tertiary alicyclic amines) is 1. The molecular formula is C20H22F2N4O2. The van der Waals surface area contributed by atoms with Crippen LogP contribution in [-0.4, -0.2) is 28.2 Å². The number of pyridine rings is 1. The van der Waals surface area contributed by atoms with Gasteiger partial charge < -0.3 is 16.0 Å². The number of aryl methyl sites for hydroxylation is 1. The van der Waals surface area contributed by atoms with Crippen LogP contribution in [0.1, 0.15) is 36.9 Å². The molecular weight excluding hydrogens is 366 g/mol. The second kappa shape index (κ2) is 7.92. The molecule has 3 N–H and O–H groups in total. The number of nitrogens with zero attached hydrogens (tertiary/aromatic N) is 2. The Kier molecular flexibility index (Phi) is 5.58. The van der Waals surface area contributed by atoms with Crippen LogP contribution in [0.4, 0.5) is 20.3 Å². The fourth-order valence-electron chi connectivity index (χ4n) is 3.46. The summed E-state index contributed by atoms with van der Waals surface area (Å²) < 4.78 is 27.3. The first-order valence-electron chi connectivity index (χ1n) is 9.04. The maximum atomic E-state index is 13.7. The number of nitrogens with one attached hydrogen (secondary N) is 1. The largest absolute Gasteiger partial charge is 0.383 e. The van der Waals surface area contributed by atoms with Crippen molar-refractivity contribution in [3.05, 3.63) is 53.2 Å². The van der Waals surface area contributed by atoms with E-state index in [1.54, 1.807) is 13.0 Å². The first-order valence-corrected chi connectivity index (χ1v) is 9.04. The number of hydrogen-bond acceptors (Lipinski definition) is 4. The van der Waals surface area contributed by atoms with Crippen molar-refractivity contribution in [1.29, 1.82) is 0 Å². The molecule has 1 aliphatic rings. The van der Waals surface area contributed by atoms with E-state index < -0.39 is 29.5 Å². The number of hydrogen-bond donors (Lipinski definition) is 2. The van der Waals surface area contributed by atoms with Gasteiger partial charge in [0, 0.05) is 12.6 Å². The molecule has 148 valence electrons. The Balaban J connectivity index is 1.83. The first kappa shape index (κ1) is 19.7. The number of aromatic nitrogens is 1. The highest BCUT2D eigenvalue weighted by Gasteiger charge is 2.34. The highest BCUT2D eigenvalue weighted by atomic mass is 19.1. The fraction of sp³-hybridized carbons (Fsp3) is 0.350. The average molecular weight is 388 g/mol. The molecule has 8 heteroatoms. The van der Waals surface area contributed by atoms with Crippen LogP contribution < -0.4 is 11.1 Å². The monoisotopic (exact) mass is 388 g/mol. The third-order valence-electron chi connectivity index (χ3n) is 4.92. The zero-order valence-corrected chi connectivity index (χ0v) is 15.7. The van der Waals surface area contributed by atoms with Crippen LogP contribution in [0.15, 0.2) is 30.5 Å². The van der Waals surface area contributed by atoms with Gasteiger partial charge in [0.25, 0.3) is 0 Å². The van der Waals surface area contributed by atoms with Gasteiger partial charge >= 0.3 is 11.8 Å². The van der Waals surface area contributed by atoms with Gasteiger partial charge in [-0.1, -0.05) is 6.92 Å². The van der Waals surface area contributed by atoms with E-state index in [4.69, 9.17) is 5.73 Å². The summed E-state index contributed by atoms with van der Waals surface area (Å²) in [5.74, 6) is -2.50. The summed E-state index contributed by atoms with van der Waals surface area (Å²) in [6.45, 7) is 4.03. The summed E-state index contributed by atoms with van der Waals surface area (Å²) in [7, 11) is 0. The Morgan fingerprint density at radius 3 is 2.50 bits per heavy atom. The number of nitrogens with two attached hydrogens (primary N) is 1. The van der Waals surface area contributed by atoms with E-state index in [0.717, 1.165) is 12.5 Å². The Labute approximate surface area is 161 Å². The van der Waals surface area contributed by atoms with Gasteiger partial charge in [-0.25, -0.2) is 13.8 Å². The summed E-state index contributed by atoms with van der Waals surface area (Å²) in [6.07, 6.45) is 2.67. The molecule has 28 heavy (non-hydrogen) atoms. The second-order valence-corrected chi connectivity index (χ2v) is 7.24. The molecule has 1 saturated heterocycles. The molecule has 2 aromatic rings. The van der Waals surface area contributed by atoms with E-state index in [1.807, 2.05) is 6.92 Å². The molecule has 1 aliphatic heterocycles. The number of benzene rings is 1. The molecule has 2 atom stereocenters. The van der Waals surface area contributed by atoms with Crippen molar-refractivity contribution in [2.75, 3.05) is 17.6 Å². The maximum absolute atomic E-state index is 13.7. The predicted molar refractivity (Wildman–Crippen MR) is 101 cm³/mol. The first-order chi connectivity index (χ1) is 13.2. The molecule has 0 aliphatic carbocycles. The number of rotatable bonds is 2. The topological polar surface area (TPSA) is 88.3 Å². The highest BCUT2D eigenvalue weighted by molar-refractivity contribution is 6.39. The molecule has 2 heterocycles. The Morgan fingerprint density at radius 1 is 1.18 bits per heavy atom. The zero-order chi connectivity index (χ0) is 20.4. The van der Waals surface area contributed by atoms with Crippen molar-refractivity contribution in [1.82, 2.24) is 9.88 Å². The summed E-state index contributed by atoms with van der Waals surface area (Å²) >= 11 is 0. The predicted octanol–water partition coefficient (Wildman–Crippen LogP) is 3.19.